The molecule has 0 spiro atoms. The van der Waals surface area contributed by atoms with Crippen molar-refractivity contribution in [2.75, 3.05) is 0 Å². The van der Waals surface area contributed by atoms with Gasteiger partial charge in [0.2, 0.25) is 0 Å². The van der Waals surface area contributed by atoms with Crippen molar-refractivity contribution in [3.05, 3.63) is 35.9 Å². The highest BCUT2D eigenvalue weighted by molar-refractivity contribution is 5.74. The van der Waals surface area contributed by atoms with Crippen molar-refractivity contribution < 1.29 is 4.79 Å². The minimum absolute atomic E-state index is 0.0297. The molecule has 0 unspecified atom stereocenters. The topological polar surface area (TPSA) is 53.2 Å². The molecule has 1 fully saturated rings. The van der Waals surface area contributed by atoms with Gasteiger partial charge in [-0.05, 0) is 52.5 Å². The Morgan fingerprint density at radius 3 is 2.29 bits per heavy atom. The SMILES string of the molecule is CCC[C@@H](NC(=O)NC1CC(C)(C)NC(C)(C)C1)c1ccccc1. The number of carbonyl (C=O) groups excluding carboxylic acids is 1. The van der Waals surface area contributed by atoms with Gasteiger partial charge in [0.05, 0.1) is 6.04 Å². The molecule has 0 saturated carbocycles. The Labute approximate surface area is 146 Å². The lowest BCUT2D eigenvalue weighted by molar-refractivity contribution is 0.147. The Morgan fingerprint density at radius 1 is 1.17 bits per heavy atom. The fourth-order valence-electron chi connectivity index (χ4n) is 4.11. The van der Waals surface area contributed by atoms with Crippen molar-refractivity contribution in [1.29, 1.82) is 0 Å². The van der Waals surface area contributed by atoms with E-state index in [2.05, 4.69) is 62.7 Å². The van der Waals surface area contributed by atoms with Crippen LogP contribution < -0.4 is 16.0 Å². The van der Waals surface area contributed by atoms with Crippen LogP contribution in [0.2, 0.25) is 0 Å². The van der Waals surface area contributed by atoms with Crippen LogP contribution in [0, 0.1) is 0 Å². The van der Waals surface area contributed by atoms with E-state index in [1.165, 1.54) is 5.56 Å². The highest BCUT2D eigenvalue weighted by Gasteiger charge is 2.38. The molecule has 1 aromatic carbocycles. The molecule has 1 aliphatic rings. The second-order valence-corrected chi connectivity index (χ2v) is 8.37. The van der Waals surface area contributed by atoms with E-state index in [0.29, 0.717) is 0 Å². The molecule has 1 aromatic rings. The predicted octanol–water partition coefficient (Wildman–Crippen LogP) is 4.14. The highest BCUT2D eigenvalue weighted by Crippen LogP contribution is 2.28. The van der Waals surface area contributed by atoms with E-state index in [1.54, 1.807) is 0 Å². The first-order chi connectivity index (χ1) is 11.2. The maximum Gasteiger partial charge on any atom is 0.315 e. The van der Waals surface area contributed by atoms with Crippen LogP contribution in [0.5, 0.6) is 0 Å². The van der Waals surface area contributed by atoms with Gasteiger partial charge < -0.3 is 16.0 Å². The Hall–Kier alpha value is -1.55. The molecule has 24 heavy (non-hydrogen) atoms. The summed E-state index contributed by atoms with van der Waals surface area (Å²) in [5.41, 5.74) is 1.23. The minimum Gasteiger partial charge on any atom is -0.335 e. The van der Waals surface area contributed by atoms with Crippen LogP contribution in [0.3, 0.4) is 0 Å². The zero-order valence-corrected chi connectivity index (χ0v) is 15.8. The Balaban J connectivity index is 1.98. The van der Waals surface area contributed by atoms with E-state index in [-0.39, 0.29) is 29.2 Å². The summed E-state index contributed by atoms with van der Waals surface area (Å²) < 4.78 is 0. The number of carbonyl (C=O) groups is 1. The molecule has 2 amide bonds. The number of hydrogen-bond donors (Lipinski definition) is 3. The number of benzene rings is 1. The molecule has 134 valence electrons. The highest BCUT2D eigenvalue weighted by atomic mass is 16.2. The lowest BCUT2D eigenvalue weighted by atomic mass is 9.80. The van der Waals surface area contributed by atoms with Crippen LogP contribution in [-0.2, 0) is 0 Å². The number of nitrogens with one attached hydrogen (secondary N) is 3. The molecule has 4 heteroatoms. The minimum atomic E-state index is -0.0594. The van der Waals surface area contributed by atoms with Crippen molar-refractivity contribution in [2.24, 2.45) is 0 Å². The standard InChI is InChI=1S/C20H33N3O/c1-6-10-17(15-11-8-7-9-12-15)22-18(24)21-16-13-19(2,3)23-20(4,5)14-16/h7-9,11-12,16-17,23H,6,10,13-14H2,1-5H3,(H2,21,22,24)/t17-/m1/s1. The first-order valence-electron chi connectivity index (χ1n) is 9.12. The van der Waals surface area contributed by atoms with E-state index >= 15 is 0 Å². The molecule has 2 rings (SSSR count). The fraction of sp³-hybridized carbons (Fsp3) is 0.650. The summed E-state index contributed by atoms with van der Waals surface area (Å²) in [4.78, 5) is 12.5. The van der Waals surface area contributed by atoms with Gasteiger partial charge in [0.1, 0.15) is 0 Å². The van der Waals surface area contributed by atoms with Gasteiger partial charge in [-0.3, -0.25) is 0 Å². The van der Waals surface area contributed by atoms with E-state index in [1.807, 2.05) is 18.2 Å². The maximum absolute atomic E-state index is 12.5. The number of hydrogen-bond acceptors (Lipinski definition) is 2. The third-order valence-corrected chi connectivity index (χ3v) is 4.61. The molecular formula is C20H33N3O. The fourth-order valence-corrected chi connectivity index (χ4v) is 4.11. The van der Waals surface area contributed by atoms with Crippen LogP contribution in [0.15, 0.2) is 30.3 Å². The van der Waals surface area contributed by atoms with Crippen molar-refractivity contribution in [2.45, 2.75) is 83.5 Å². The Kier molecular flexibility index (Phi) is 5.92. The third-order valence-electron chi connectivity index (χ3n) is 4.61. The second-order valence-electron chi connectivity index (χ2n) is 8.37. The van der Waals surface area contributed by atoms with E-state index in [9.17, 15) is 4.79 Å². The molecular weight excluding hydrogens is 298 g/mol. The molecule has 0 aliphatic carbocycles. The smallest absolute Gasteiger partial charge is 0.315 e. The summed E-state index contributed by atoms with van der Waals surface area (Å²) in [6.45, 7) is 10.9. The van der Waals surface area contributed by atoms with Crippen molar-refractivity contribution in [3.63, 3.8) is 0 Å². The third kappa shape index (κ3) is 5.52. The first kappa shape index (κ1) is 18.8. The normalized spacial score (nSPS) is 21.0. The van der Waals surface area contributed by atoms with Crippen molar-refractivity contribution in [3.8, 4) is 0 Å². The average molecular weight is 332 g/mol. The molecule has 1 aliphatic heterocycles. The number of urea groups is 1. The van der Waals surface area contributed by atoms with Gasteiger partial charge in [0, 0.05) is 17.1 Å². The first-order valence-corrected chi connectivity index (χ1v) is 9.12. The Morgan fingerprint density at radius 2 is 1.75 bits per heavy atom. The van der Waals surface area contributed by atoms with Crippen LogP contribution in [-0.4, -0.2) is 23.2 Å². The molecule has 0 bridgehead atoms. The van der Waals surface area contributed by atoms with Gasteiger partial charge in [-0.15, -0.1) is 0 Å². The molecule has 3 N–H and O–H groups in total. The zero-order chi connectivity index (χ0) is 17.8. The molecule has 1 saturated heterocycles. The lowest BCUT2D eigenvalue weighted by Crippen LogP contribution is -2.62. The van der Waals surface area contributed by atoms with Crippen LogP contribution in [0.1, 0.15) is 71.9 Å². The molecule has 1 heterocycles. The number of amides is 2. The second kappa shape index (κ2) is 7.56. The van der Waals surface area contributed by atoms with Gasteiger partial charge >= 0.3 is 6.03 Å². The summed E-state index contributed by atoms with van der Waals surface area (Å²) in [7, 11) is 0. The summed E-state index contributed by atoms with van der Waals surface area (Å²) >= 11 is 0. The van der Waals surface area contributed by atoms with Gasteiger partial charge in [0.25, 0.3) is 0 Å². The van der Waals surface area contributed by atoms with Gasteiger partial charge in [0.15, 0.2) is 0 Å². The Bertz CT molecular complexity index is 523. The van der Waals surface area contributed by atoms with Gasteiger partial charge in [-0.25, -0.2) is 4.79 Å². The van der Waals surface area contributed by atoms with Gasteiger partial charge in [-0.1, -0.05) is 43.7 Å². The maximum atomic E-state index is 12.5. The molecule has 0 radical (unpaired) electrons. The van der Waals surface area contributed by atoms with Crippen LogP contribution in [0.25, 0.3) is 0 Å². The summed E-state index contributed by atoms with van der Waals surface area (Å²) in [5, 5.41) is 10.0. The van der Waals surface area contributed by atoms with Crippen LogP contribution in [0.4, 0.5) is 4.79 Å². The van der Waals surface area contributed by atoms with Crippen molar-refractivity contribution >= 4 is 6.03 Å². The quantitative estimate of drug-likeness (QED) is 0.759. The zero-order valence-electron chi connectivity index (χ0n) is 15.8. The molecule has 0 aromatic heterocycles. The molecule has 4 nitrogen and oxygen atoms in total. The van der Waals surface area contributed by atoms with Gasteiger partial charge in [-0.2, -0.15) is 0 Å². The number of rotatable bonds is 5. The monoisotopic (exact) mass is 331 g/mol. The van der Waals surface area contributed by atoms with Crippen LogP contribution >= 0.6 is 0 Å². The van der Waals surface area contributed by atoms with E-state index < -0.39 is 0 Å². The number of piperidine rings is 1. The summed E-state index contributed by atoms with van der Waals surface area (Å²) in [6.07, 6.45) is 3.86. The van der Waals surface area contributed by atoms with Crippen molar-refractivity contribution in [1.82, 2.24) is 16.0 Å². The largest absolute Gasteiger partial charge is 0.335 e. The predicted molar refractivity (Wildman–Crippen MR) is 100 cm³/mol. The molecule has 1 atom stereocenters. The lowest BCUT2D eigenvalue weighted by Gasteiger charge is -2.46. The average Bonchev–Trinajstić information content (AvgIpc) is 2.44. The van der Waals surface area contributed by atoms with E-state index in [0.717, 1.165) is 25.7 Å². The summed E-state index contributed by atoms with van der Waals surface area (Å²) in [5.74, 6) is 0. The summed E-state index contributed by atoms with van der Waals surface area (Å²) in [6, 6.07) is 10.4. The van der Waals surface area contributed by atoms with E-state index in [4.69, 9.17) is 0 Å².